The van der Waals surface area contributed by atoms with Crippen LogP contribution in [0.25, 0.3) is 0 Å². The van der Waals surface area contributed by atoms with Crippen molar-refractivity contribution in [1.29, 1.82) is 0 Å². The zero-order valence-electron chi connectivity index (χ0n) is 9.47. The molecule has 0 aliphatic carbocycles. The van der Waals surface area contributed by atoms with Crippen molar-refractivity contribution in [2.75, 3.05) is 0 Å². The fourth-order valence-electron chi connectivity index (χ4n) is 1.67. The standard InChI is InChI=1S/C13H11FN2OS/c14-12-9(4-3-5-10(12)13(15)18)8-16-7-2-1-6-11(16)17/h1-7H,8H2,(H2,15,18). The summed E-state index contributed by atoms with van der Waals surface area (Å²) in [4.78, 5) is 11.6. The largest absolute Gasteiger partial charge is 0.389 e. The van der Waals surface area contributed by atoms with Crippen molar-refractivity contribution < 1.29 is 4.39 Å². The van der Waals surface area contributed by atoms with Crippen molar-refractivity contribution in [2.45, 2.75) is 6.54 Å². The molecule has 0 radical (unpaired) electrons. The lowest BCUT2D eigenvalue weighted by Crippen LogP contribution is -2.20. The summed E-state index contributed by atoms with van der Waals surface area (Å²) in [7, 11) is 0. The third kappa shape index (κ3) is 2.46. The second-order valence-electron chi connectivity index (χ2n) is 3.81. The fraction of sp³-hybridized carbons (Fsp3) is 0.0769. The Kier molecular flexibility index (Phi) is 3.53. The van der Waals surface area contributed by atoms with Crippen LogP contribution < -0.4 is 11.3 Å². The molecule has 1 heterocycles. The summed E-state index contributed by atoms with van der Waals surface area (Å²) in [5, 5.41) is 0. The van der Waals surface area contributed by atoms with Gasteiger partial charge in [0.05, 0.1) is 6.54 Å². The summed E-state index contributed by atoms with van der Waals surface area (Å²) >= 11 is 4.77. The molecule has 2 aromatic rings. The summed E-state index contributed by atoms with van der Waals surface area (Å²) in [6, 6.07) is 9.58. The first-order valence-electron chi connectivity index (χ1n) is 5.32. The Morgan fingerprint density at radius 1 is 1.28 bits per heavy atom. The summed E-state index contributed by atoms with van der Waals surface area (Å²) in [5.41, 5.74) is 5.83. The molecule has 0 saturated carbocycles. The fourth-order valence-corrected chi connectivity index (χ4v) is 1.82. The highest BCUT2D eigenvalue weighted by molar-refractivity contribution is 7.80. The Morgan fingerprint density at radius 2 is 2.06 bits per heavy atom. The third-order valence-electron chi connectivity index (χ3n) is 2.58. The zero-order valence-corrected chi connectivity index (χ0v) is 10.3. The van der Waals surface area contributed by atoms with Crippen LogP contribution in [0.1, 0.15) is 11.1 Å². The molecule has 0 aliphatic heterocycles. The molecule has 0 saturated heterocycles. The van der Waals surface area contributed by atoms with Gasteiger partial charge in [-0.1, -0.05) is 30.4 Å². The van der Waals surface area contributed by atoms with Crippen LogP contribution in [0, 0.1) is 5.82 Å². The van der Waals surface area contributed by atoms with Gasteiger partial charge in [-0.3, -0.25) is 4.79 Å². The molecule has 0 spiro atoms. The number of halogens is 1. The highest BCUT2D eigenvalue weighted by Crippen LogP contribution is 2.13. The Bertz CT molecular complexity index is 651. The van der Waals surface area contributed by atoms with E-state index in [-0.39, 0.29) is 22.7 Å². The molecule has 0 unspecified atom stereocenters. The Hall–Kier alpha value is -2.01. The molecule has 3 nitrogen and oxygen atoms in total. The Labute approximate surface area is 109 Å². The van der Waals surface area contributed by atoms with E-state index in [1.165, 1.54) is 16.7 Å². The van der Waals surface area contributed by atoms with Crippen LogP contribution in [0.5, 0.6) is 0 Å². The normalized spacial score (nSPS) is 10.3. The molecule has 92 valence electrons. The number of rotatable bonds is 3. The molecule has 1 aromatic carbocycles. The van der Waals surface area contributed by atoms with E-state index in [2.05, 4.69) is 0 Å². The highest BCUT2D eigenvalue weighted by Gasteiger charge is 2.10. The molecular formula is C13H11FN2OS. The van der Waals surface area contributed by atoms with Gasteiger partial charge in [0, 0.05) is 23.4 Å². The van der Waals surface area contributed by atoms with Gasteiger partial charge in [-0.25, -0.2) is 4.39 Å². The Morgan fingerprint density at radius 3 is 2.72 bits per heavy atom. The molecule has 18 heavy (non-hydrogen) atoms. The van der Waals surface area contributed by atoms with E-state index in [1.807, 2.05) is 0 Å². The number of thiocarbonyl (C=S) groups is 1. The molecule has 0 aliphatic rings. The van der Waals surface area contributed by atoms with Crippen molar-refractivity contribution in [3.8, 4) is 0 Å². The van der Waals surface area contributed by atoms with Crippen LogP contribution in [0.2, 0.25) is 0 Å². The van der Waals surface area contributed by atoms with E-state index >= 15 is 0 Å². The van der Waals surface area contributed by atoms with Crippen molar-refractivity contribution in [3.05, 3.63) is 69.9 Å². The van der Waals surface area contributed by atoms with Gasteiger partial charge in [0.1, 0.15) is 10.8 Å². The van der Waals surface area contributed by atoms with E-state index in [4.69, 9.17) is 18.0 Å². The highest BCUT2D eigenvalue weighted by atomic mass is 32.1. The number of hydrogen-bond acceptors (Lipinski definition) is 2. The van der Waals surface area contributed by atoms with Crippen LogP contribution in [-0.4, -0.2) is 9.56 Å². The Balaban J connectivity index is 2.42. The van der Waals surface area contributed by atoms with Crippen LogP contribution >= 0.6 is 12.2 Å². The van der Waals surface area contributed by atoms with Crippen molar-refractivity contribution in [2.24, 2.45) is 5.73 Å². The second kappa shape index (κ2) is 5.10. The topological polar surface area (TPSA) is 48.0 Å². The third-order valence-corrected chi connectivity index (χ3v) is 2.80. The van der Waals surface area contributed by atoms with Gasteiger partial charge in [0.2, 0.25) is 0 Å². The lowest BCUT2D eigenvalue weighted by atomic mass is 10.1. The van der Waals surface area contributed by atoms with Gasteiger partial charge in [-0.05, 0) is 12.1 Å². The summed E-state index contributed by atoms with van der Waals surface area (Å²) in [6.07, 6.45) is 1.61. The SMILES string of the molecule is NC(=S)c1cccc(Cn2ccccc2=O)c1F. The first-order chi connectivity index (χ1) is 8.59. The number of nitrogens with two attached hydrogens (primary N) is 1. The van der Waals surface area contributed by atoms with Crippen molar-refractivity contribution in [3.63, 3.8) is 0 Å². The summed E-state index contributed by atoms with van der Waals surface area (Å²) in [6.45, 7) is 0.155. The molecule has 0 bridgehead atoms. The van der Waals surface area contributed by atoms with Crippen LogP contribution in [-0.2, 0) is 6.54 Å². The second-order valence-corrected chi connectivity index (χ2v) is 4.25. The van der Waals surface area contributed by atoms with E-state index in [0.717, 1.165) is 0 Å². The average molecular weight is 262 g/mol. The van der Waals surface area contributed by atoms with E-state index < -0.39 is 5.82 Å². The van der Waals surface area contributed by atoms with E-state index in [0.29, 0.717) is 5.56 Å². The number of pyridine rings is 1. The zero-order chi connectivity index (χ0) is 13.1. The lowest BCUT2D eigenvalue weighted by Gasteiger charge is -2.09. The van der Waals surface area contributed by atoms with Crippen LogP contribution in [0.4, 0.5) is 4.39 Å². The average Bonchev–Trinajstić information content (AvgIpc) is 2.34. The van der Waals surface area contributed by atoms with Crippen LogP contribution in [0.15, 0.2) is 47.4 Å². The smallest absolute Gasteiger partial charge is 0.250 e. The number of benzene rings is 1. The number of aromatic nitrogens is 1. The van der Waals surface area contributed by atoms with Crippen molar-refractivity contribution in [1.82, 2.24) is 4.57 Å². The lowest BCUT2D eigenvalue weighted by molar-refractivity contribution is 0.594. The minimum Gasteiger partial charge on any atom is -0.389 e. The van der Waals surface area contributed by atoms with Crippen LogP contribution in [0.3, 0.4) is 0 Å². The molecule has 2 rings (SSSR count). The monoisotopic (exact) mass is 262 g/mol. The summed E-state index contributed by atoms with van der Waals surface area (Å²) in [5.74, 6) is -0.472. The molecule has 0 amide bonds. The van der Waals surface area contributed by atoms with Gasteiger partial charge < -0.3 is 10.3 Å². The molecular weight excluding hydrogens is 251 g/mol. The molecule has 5 heteroatoms. The predicted octanol–water partition coefficient (Wildman–Crippen LogP) is 1.67. The molecule has 1 aromatic heterocycles. The molecule has 0 fully saturated rings. The maximum absolute atomic E-state index is 14.1. The van der Waals surface area contributed by atoms with E-state index in [9.17, 15) is 9.18 Å². The first-order valence-corrected chi connectivity index (χ1v) is 5.73. The summed E-state index contributed by atoms with van der Waals surface area (Å²) < 4.78 is 15.5. The number of nitrogens with zero attached hydrogens (tertiary/aromatic N) is 1. The maximum atomic E-state index is 14.1. The van der Waals surface area contributed by atoms with E-state index in [1.54, 1.807) is 30.5 Å². The molecule has 2 N–H and O–H groups in total. The van der Waals surface area contributed by atoms with Crippen molar-refractivity contribution >= 4 is 17.2 Å². The van der Waals surface area contributed by atoms with Gasteiger partial charge in [-0.15, -0.1) is 0 Å². The predicted molar refractivity (Wildman–Crippen MR) is 72.1 cm³/mol. The number of hydrogen-bond donors (Lipinski definition) is 1. The minimum absolute atomic E-state index is 0.00904. The van der Waals surface area contributed by atoms with Gasteiger partial charge in [-0.2, -0.15) is 0 Å². The first kappa shape index (κ1) is 12.4. The van der Waals surface area contributed by atoms with Gasteiger partial charge in [0.15, 0.2) is 0 Å². The quantitative estimate of drug-likeness (QED) is 0.856. The minimum atomic E-state index is -0.472. The van der Waals surface area contributed by atoms with Gasteiger partial charge in [0.25, 0.3) is 5.56 Å². The van der Waals surface area contributed by atoms with Gasteiger partial charge >= 0.3 is 0 Å². The maximum Gasteiger partial charge on any atom is 0.250 e. The molecule has 0 atom stereocenters.